The number of hydrogen-bond acceptors (Lipinski definition) is 1. The number of aromatic nitrogens is 1. The standard InChI is InChI=1S/C13H12ClNO/c1-3-5-9-6-4-7-10-12(9)15-8(2)11(14)13(10)16/h3-4,6-7H,1,5H2,2H3,(H,15,16). The van der Waals surface area contributed by atoms with Crippen molar-refractivity contribution in [1.29, 1.82) is 0 Å². The topological polar surface area (TPSA) is 32.9 Å². The van der Waals surface area contributed by atoms with E-state index < -0.39 is 0 Å². The van der Waals surface area contributed by atoms with Crippen molar-refractivity contribution in [3.8, 4) is 0 Å². The molecule has 0 fully saturated rings. The van der Waals surface area contributed by atoms with Gasteiger partial charge in [0.2, 0.25) is 5.43 Å². The summed E-state index contributed by atoms with van der Waals surface area (Å²) < 4.78 is 0. The van der Waals surface area contributed by atoms with Gasteiger partial charge in [0, 0.05) is 11.1 Å². The number of H-pyrrole nitrogens is 1. The van der Waals surface area contributed by atoms with Crippen LogP contribution >= 0.6 is 11.6 Å². The zero-order chi connectivity index (χ0) is 11.7. The molecule has 0 saturated heterocycles. The van der Waals surface area contributed by atoms with Gasteiger partial charge in [-0.3, -0.25) is 4.79 Å². The Kier molecular flexibility index (Phi) is 2.84. The molecule has 1 aromatic heterocycles. The highest BCUT2D eigenvalue weighted by atomic mass is 35.5. The maximum absolute atomic E-state index is 11.9. The molecule has 0 amide bonds. The third kappa shape index (κ3) is 1.65. The average Bonchev–Trinajstić information content (AvgIpc) is 2.28. The van der Waals surface area contributed by atoms with E-state index in [0.717, 1.165) is 17.5 Å². The Morgan fingerprint density at radius 3 is 2.94 bits per heavy atom. The Bertz CT molecular complexity index is 613. The van der Waals surface area contributed by atoms with Crippen LogP contribution in [0.25, 0.3) is 10.9 Å². The first-order valence-corrected chi connectivity index (χ1v) is 5.44. The van der Waals surface area contributed by atoms with E-state index in [0.29, 0.717) is 11.1 Å². The summed E-state index contributed by atoms with van der Waals surface area (Å²) in [7, 11) is 0. The minimum atomic E-state index is -0.112. The summed E-state index contributed by atoms with van der Waals surface area (Å²) in [5.74, 6) is 0. The first kappa shape index (κ1) is 11.0. The molecule has 0 radical (unpaired) electrons. The lowest BCUT2D eigenvalue weighted by Gasteiger charge is -2.06. The van der Waals surface area contributed by atoms with Gasteiger partial charge in [-0.15, -0.1) is 6.58 Å². The number of para-hydroxylation sites is 1. The van der Waals surface area contributed by atoms with Gasteiger partial charge in [-0.25, -0.2) is 0 Å². The molecule has 0 spiro atoms. The number of rotatable bonds is 2. The van der Waals surface area contributed by atoms with Gasteiger partial charge in [-0.05, 0) is 25.0 Å². The Labute approximate surface area is 98.6 Å². The van der Waals surface area contributed by atoms with Crippen LogP contribution in [0.4, 0.5) is 0 Å². The second kappa shape index (κ2) is 4.14. The predicted molar refractivity (Wildman–Crippen MR) is 68.2 cm³/mol. The van der Waals surface area contributed by atoms with Crippen LogP contribution in [-0.4, -0.2) is 4.98 Å². The number of halogens is 1. The molecular formula is C13H12ClNO. The van der Waals surface area contributed by atoms with Crippen molar-refractivity contribution in [3.63, 3.8) is 0 Å². The molecule has 2 aromatic rings. The van der Waals surface area contributed by atoms with E-state index in [-0.39, 0.29) is 10.5 Å². The third-order valence-electron chi connectivity index (χ3n) is 2.60. The van der Waals surface area contributed by atoms with Gasteiger partial charge in [0.15, 0.2) is 0 Å². The van der Waals surface area contributed by atoms with Crippen molar-refractivity contribution in [2.45, 2.75) is 13.3 Å². The molecule has 0 aliphatic carbocycles. The molecule has 1 N–H and O–H groups in total. The van der Waals surface area contributed by atoms with E-state index in [1.807, 2.05) is 18.2 Å². The van der Waals surface area contributed by atoms with Crippen LogP contribution < -0.4 is 5.43 Å². The Morgan fingerprint density at radius 2 is 2.25 bits per heavy atom. The number of aryl methyl sites for hydroxylation is 1. The molecule has 82 valence electrons. The molecule has 2 rings (SSSR count). The molecule has 0 bridgehead atoms. The van der Waals surface area contributed by atoms with Crippen molar-refractivity contribution in [2.24, 2.45) is 0 Å². The van der Waals surface area contributed by atoms with Crippen LogP contribution in [-0.2, 0) is 6.42 Å². The fourth-order valence-electron chi connectivity index (χ4n) is 1.79. The summed E-state index contributed by atoms with van der Waals surface area (Å²) in [6.07, 6.45) is 2.55. The Hall–Kier alpha value is -1.54. The minimum Gasteiger partial charge on any atom is -0.357 e. The van der Waals surface area contributed by atoms with Crippen LogP contribution in [0.1, 0.15) is 11.3 Å². The molecule has 1 heterocycles. The minimum absolute atomic E-state index is 0.112. The second-order valence-electron chi connectivity index (χ2n) is 3.73. The van der Waals surface area contributed by atoms with Gasteiger partial charge < -0.3 is 4.98 Å². The number of hydrogen-bond donors (Lipinski definition) is 1. The van der Waals surface area contributed by atoms with Gasteiger partial charge in [-0.1, -0.05) is 29.8 Å². The summed E-state index contributed by atoms with van der Waals surface area (Å²) >= 11 is 5.92. The van der Waals surface area contributed by atoms with Crippen molar-refractivity contribution >= 4 is 22.5 Å². The van der Waals surface area contributed by atoms with Crippen molar-refractivity contribution < 1.29 is 0 Å². The van der Waals surface area contributed by atoms with E-state index in [1.165, 1.54) is 0 Å². The summed E-state index contributed by atoms with van der Waals surface area (Å²) in [5.41, 5.74) is 2.51. The number of nitrogens with one attached hydrogen (secondary N) is 1. The SMILES string of the molecule is C=CCc1cccc2c(=O)c(Cl)c(C)[nH]c12. The van der Waals surface area contributed by atoms with Crippen LogP contribution in [0.2, 0.25) is 5.02 Å². The Balaban J connectivity index is 2.89. The van der Waals surface area contributed by atoms with E-state index in [1.54, 1.807) is 13.0 Å². The number of pyridine rings is 1. The number of benzene rings is 1. The second-order valence-corrected chi connectivity index (χ2v) is 4.10. The van der Waals surface area contributed by atoms with Crippen molar-refractivity contribution in [2.75, 3.05) is 0 Å². The lowest BCUT2D eigenvalue weighted by Crippen LogP contribution is -2.07. The monoisotopic (exact) mass is 233 g/mol. The molecule has 0 saturated carbocycles. The fraction of sp³-hybridized carbons (Fsp3) is 0.154. The Morgan fingerprint density at radius 1 is 1.50 bits per heavy atom. The van der Waals surface area contributed by atoms with Crippen LogP contribution in [0, 0.1) is 6.92 Å². The van der Waals surface area contributed by atoms with Crippen molar-refractivity contribution in [3.05, 3.63) is 57.4 Å². The summed E-state index contributed by atoms with van der Waals surface area (Å²) in [4.78, 5) is 15.1. The normalized spacial score (nSPS) is 10.6. The van der Waals surface area contributed by atoms with Gasteiger partial charge in [-0.2, -0.15) is 0 Å². The first-order chi connectivity index (χ1) is 7.65. The maximum atomic E-state index is 11.9. The predicted octanol–water partition coefficient (Wildman–Crippen LogP) is 3.22. The largest absolute Gasteiger partial charge is 0.357 e. The van der Waals surface area contributed by atoms with Gasteiger partial charge >= 0.3 is 0 Å². The zero-order valence-electron chi connectivity index (χ0n) is 9.01. The summed E-state index contributed by atoms with van der Waals surface area (Å²) in [5, 5.41) is 0.901. The van der Waals surface area contributed by atoms with Crippen molar-refractivity contribution in [1.82, 2.24) is 4.98 Å². The van der Waals surface area contributed by atoms with Crippen LogP contribution in [0.3, 0.4) is 0 Å². The van der Waals surface area contributed by atoms with Crippen LogP contribution in [0.5, 0.6) is 0 Å². The van der Waals surface area contributed by atoms with E-state index in [4.69, 9.17) is 11.6 Å². The molecule has 0 unspecified atom stereocenters. The van der Waals surface area contributed by atoms with Gasteiger partial charge in [0.05, 0.1) is 5.52 Å². The molecule has 0 atom stereocenters. The van der Waals surface area contributed by atoms with E-state index >= 15 is 0 Å². The summed E-state index contributed by atoms with van der Waals surface area (Å²) in [6.45, 7) is 5.51. The quantitative estimate of drug-likeness (QED) is 0.794. The maximum Gasteiger partial charge on any atom is 0.208 e. The number of aromatic amines is 1. The number of allylic oxidation sites excluding steroid dienone is 1. The van der Waals surface area contributed by atoms with Gasteiger partial charge in [0.25, 0.3) is 0 Å². The summed E-state index contributed by atoms with van der Waals surface area (Å²) in [6, 6.07) is 5.63. The highest BCUT2D eigenvalue weighted by Crippen LogP contribution is 2.18. The lowest BCUT2D eigenvalue weighted by atomic mass is 10.1. The van der Waals surface area contributed by atoms with Crippen LogP contribution in [0.15, 0.2) is 35.6 Å². The smallest absolute Gasteiger partial charge is 0.208 e. The lowest BCUT2D eigenvalue weighted by molar-refractivity contribution is 1.20. The van der Waals surface area contributed by atoms with E-state index in [2.05, 4.69) is 11.6 Å². The van der Waals surface area contributed by atoms with Gasteiger partial charge in [0.1, 0.15) is 5.02 Å². The first-order valence-electron chi connectivity index (χ1n) is 5.06. The molecule has 3 heteroatoms. The highest BCUT2D eigenvalue weighted by molar-refractivity contribution is 6.31. The molecule has 0 aliphatic rings. The third-order valence-corrected chi connectivity index (χ3v) is 3.06. The molecule has 0 aliphatic heterocycles. The highest BCUT2D eigenvalue weighted by Gasteiger charge is 2.08. The fourth-order valence-corrected chi connectivity index (χ4v) is 1.94. The average molecular weight is 234 g/mol. The molecule has 1 aromatic carbocycles. The molecule has 2 nitrogen and oxygen atoms in total. The number of fused-ring (bicyclic) bond motifs is 1. The zero-order valence-corrected chi connectivity index (χ0v) is 9.77. The molecular weight excluding hydrogens is 222 g/mol. The van der Waals surface area contributed by atoms with E-state index in [9.17, 15) is 4.79 Å². The molecule has 16 heavy (non-hydrogen) atoms.